The minimum Gasteiger partial charge on any atom is -0.478 e. The minimum absolute atomic E-state index is 0.0689. The molecular formula is C25H21F4N3O4. The number of alkyl halides is 3. The summed E-state index contributed by atoms with van der Waals surface area (Å²) in [6, 6.07) is 6.57. The highest BCUT2D eigenvalue weighted by molar-refractivity contribution is 6.03. The topological polar surface area (TPSA) is 93.5 Å². The highest BCUT2D eigenvalue weighted by atomic mass is 19.4. The number of rotatable bonds is 6. The molecule has 0 spiro atoms. The molecule has 0 radical (unpaired) electrons. The van der Waals surface area contributed by atoms with Crippen molar-refractivity contribution in [1.82, 2.24) is 9.78 Å². The number of aromatic carboxylic acids is 1. The molecule has 11 heteroatoms. The number of carbonyl (C=O) groups excluding carboxylic acids is 1. The van der Waals surface area contributed by atoms with E-state index in [2.05, 4.69) is 10.4 Å². The number of hydrogen-bond acceptors (Lipinski definition) is 4. The number of halogens is 4. The molecule has 2 heterocycles. The van der Waals surface area contributed by atoms with Gasteiger partial charge >= 0.3 is 12.1 Å². The van der Waals surface area contributed by atoms with Crippen LogP contribution in [0.1, 0.15) is 46.8 Å². The first-order chi connectivity index (χ1) is 17.1. The number of nitrogens with zero attached hydrogens (tertiary/aromatic N) is 2. The second-order valence-corrected chi connectivity index (χ2v) is 9.02. The van der Waals surface area contributed by atoms with Crippen molar-refractivity contribution in [2.45, 2.75) is 36.9 Å². The van der Waals surface area contributed by atoms with Gasteiger partial charge in [0.15, 0.2) is 0 Å². The normalized spacial score (nSPS) is 18.7. The Kier molecular flexibility index (Phi) is 5.82. The molecule has 2 aromatic carbocycles. The van der Waals surface area contributed by atoms with Gasteiger partial charge in [0.2, 0.25) is 5.91 Å². The fourth-order valence-electron chi connectivity index (χ4n) is 4.53. The molecule has 1 saturated heterocycles. The van der Waals surface area contributed by atoms with Crippen LogP contribution in [0.25, 0.3) is 11.1 Å². The molecule has 2 aliphatic rings. The maximum absolute atomic E-state index is 14.6. The monoisotopic (exact) mass is 503 g/mol. The standard InChI is InChI=1S/C25H21F4N3O4/c26-21-9-15(25(27,28)29)1-4-20(21)24(6-7-24)23(35)31-16-2-3-18(19(10-16)22(33)34)14-11-30-32(12-14)17-5-8-36-13-17/h1-4,9-12,17H,5-8,13H2,(H,31,35)(H,33,34)/t17-/m1/s1. The number of nitrogens with one attached hydrogen (secondary N) is 1. The Bertz CT molecular complexity index is 1340. The number of carboxylic acids is 1. The van der Waals surface area contributed by atoms with Gasteiger partial charge in [0.05, 0.1) is 35.4 Å². The lowest BCUT2D eigenvalue weighted by molar-refractivity contribution is -0.137. The fourth-order valence-corrected chi connectivity index (χ4v) is 4.53. The van der Waals surface area contributed by atoms with Gasteiger partial charge in [-0.1, -0.05) is 12.1 Å². The summed E-state index contributed by atoms with van der Waals surface area (Å²) in [4.78, 5) is 25.0. The molecule has 0 bridgehead atoms. The van der Waals surface area contributed by atoms with Crippen molar-refractivity contribution in [3.63, 3.8) is 0 Å². The van der Waals surface area contributed by atoms with E-state index < -0.39 is 34.8 Å². The number of anilines is 1. The highest BCUT2D eigenvalue weighted by Crippen LogP contribution is 2.50. The van der Waals surface area contributed by atoms with Gasteiger partial charge in [-0.3, -0.25) is 9.48 Å². The quantitative estimate of drug-likeness (QED) is 0.460. The first-order valence-corrected chi connectivity index (χ1v) is 11.3. The van der Waals surface area contributed by atoms with E-state index in [1.165, 1.54) is 12.1 Å². The highest BCUT2D eigenvalue weighted by Gasteiger charge is 2.53. The van der Waals surface area contributed by atoms with E-state index in [-0.39, 0.29) is 35.7 Å². The second-order valence-electron chi connectivity index (χ2n) is 9.02. The van der Waals surface area contributed by atoms with Crippen LogP contribution < -0.4 is 5.32 Å². The molecular weight excluding hydrogens is 482 g/mol. The molecule has 1 aliphatic heterocycles. The largest absolute Gasteiger partial charge is 0.478 e. The minimum atomic E-state index is -4.70. The Balaban J connectivity index is 1.39. The van der Waals surface area contributed by atoms with E-state index in [0.29, 0.717) is 30.4 Å². The molecule has 1 aromatic heterocycles. The molecule has 1 saturated carbocycles. The summed E-state index contributed by atoms with van der Waals surface area (Å²) in [7, 11) is 0. The van der Waals surface area contributed by atoms with E-state index >= 15 is 0 Å². The molecule has 1 atom stereocenters. The van der Waals surface area contributed by atoms with Gasteiger partial charge < -0.3 is 15.2 Å². The summed E-state index contributed by atoms with van der Waals surface area (Å²) in [6.07, 6.45) is -0.0746. The number of benzene rings is 2. The zero-order valence-corrected chi connectivity index (χ0v) is 18.8. The van der Waals surface area contributed by atoms with Crippen molar-refractivity contribution >= 4 is 17.6 Å². The van der Waals surface area contributed by atoms with E-state index in [1.54, 1.807) is 23.1 Å². The van der Waals surface area contributed by atoms with Crippen molar-refractivity contribution in [2.24, 2.45) is 0 Å². The van der Waals surface area contributed by atoms with Gasteiger partial charge in [-0.05, 0) is 49.1 Å². The van der Waals surface area contributed by atoms with E-state index in [9.17, 15) is 32.3 Å². The first kappa shape index (κ1) is 24.0. The third-order valence-electron chi connectivity index (χ3n) is 6.70. The second kappa shape index (κ2) is 8.74. The first-order valence-electron chi connectivity index (χ1n) is 11.3. The Morgan fingerprint density at radius 1 is 1.17 bits per heavy atom. The summed E-state index contributed by atoms with van der Waals surface area (Å²) in [5.41, 5.74) is -1.46. The van der Waals surface area contributed by atoms with Crippen molar-refractivity contribution in [1.29, 1.82) is 0 Å². The van der Waals surface area contributed by atoms with Crippen LogP contribution in [0, 0.1) is 5.82 Å². The third-order valence-corrected chi connectivity index (χ3v) is 6.70. The molecule has 1 aliphatic carbocycles. The molecule has 7 nitrogen and oxygen atoms in total. The molecule has 0 unspecified atom stereocenters. The van der Waals surface area contributed by atoms with E-state index in [0.717, 1.165) is 18.6 Å². The number of aromatic nitrogens is 2. The van der Waals surface area contributed by atoms with Crippen molar-refractivity contribution in [3.8, 4) is 11.1 Å². The Labute approximate surface area is 202 Å². The molecule has 1 amide bonds. The van der Waals surface area contributed by atoms with Crippen LogP contribution in [-0.4, -0.2) is 40.0 Å². The van der Waals surface area contributed by atoms with Gasteiger partial charge in [0, 0.05) is 29.6 Å². The maximum Gasteiger partial charge on any atom is 0.416 e. The summed E-state index contributed by atoms with van der Waals surface area (Å²) in [6.45, 7) is 1.16. The van der Waals surface area contributed by atoms with Crippen LogP contribution in [0.3, 0.4) is 0 Å². The Morgan fingerprint density at radius 3 is 2.56 bits per heavy atom. The van der Waals surface area contributed by atoms with Crippen LogP contribution in [0.15, 0.2) is 48.8 Å². The predicted molar refractivity (Wildman–Crippen MR) is 120 cm³/mol. The van der Waals surface area contributed by atoms with Crippen LogP contribution in [0.5, 0.6) is 0 Å². The van der Waals surface area contributed by atoms with Crippen molar-refractivity contribution < 1.29 is 37.0 Å². The smallest absolute Gasteiger partial charge is 0.416 e. The molecule has 2 fully saturated rings. The Morgan fingerprint density at radius 2 is 1.94 bits per heavy atom. The SMILES string of the molecule is O=C(O)c1cc(NC(=O)C2(c3ccc(C(F)(F)F)cc3F)CC2)ccc1-c1cnn([C@@H]2CCOC2)c1. The van der Waals surface area contributed by atoms with Crippen LogP contribution in [0.4, 0.5) is 23.2 Å². The lowest BCUT2D eigenvalue weighted by atomic mass is 9.93. The summed E-state index contributed by atoms with van der Waals surface area (Å²) < 4.78 is 60.3. The van der Waals surface area contributed by atoms with Crippen LogP contribution >= 0.6 is 0 Å². The van der Waals surface area contributed by atoms with Gasteiger partial charge in [-0.2, -0.15) is 18.3 Å². The molecule has 188 valence electrons. The lowest BCUT2D eigenvalue weighted by Gasteiger charge is -2.18. The lowest BCUT2D eigenvalue weighted by Crippen LogP contribution is -2.29. The predicted octanol–water partition coefficient (Wildman–Crippen LogP) is 5.04. The fraction of sp³-hybridized carbons (Fsp3) is 0.320. The summed E-state index contributed by atoms with van der Waals surface area (Å²) in [5, 5.41) is 16.7. The number of hydrogen-bond donors (Lipinski definition) is 2. The number of carboxylic acid groups (broad SMARTS) is 1. The average molecular weight is 503 g/mol. The summed E-state index contributed by atoms with van der Waals surface area (Å²) >= 11 is 0. The van der Waals surface area contributed by atoms with Crippen molar-refractivity contribution in [3.05, 3.63) is 71.3 Å². The average Bonchev–Trinajstić information content (AvgIpc) is 3.21. The third kappa shape index (κ3) is 4.34. The van der Waals surface area contributed by atoms with E-state index in [1.807, 2.05) is 0 Å². The molecule has 36 heavy (non-hydrogen) atoms. The number of carbonyl (C=O) groups is 2. The van der Waals surface area contributed by atoms with Crippen molar-refractivity contribution in [2.75, 3.05) is 18.5 Å². The molecule has 3 aromatic rings. The number of ether oxygens (including phenoxy) is 1. The van der Waals surface area contributed by atoms with Gasteiger partial charge in [0.25, 0.3) is 0 Å². The summed E-state index contributed by atoms with van der Waals surface area (Å²) in [5.74, 6) is -2.93. The maximum atomic E-state index is 14.6. The number of amides is 1. The van der Waals surface area contributed by atoms with Gasteiger partial charge in [-0.15, -0.1) is 0 Å². The Hall–Kier alpha value is -3.73. The van der Waals surface area contributed by atoms with Crippen LogP contribution in [-0.2, 0) is 21.1 Å². The van der Waals surface area contributed by atoms with E-state index in [4.69, 9.17) is 4.74 Å². The zero-order chi connectivity index (χ0) is 25.7. The molecule has 5 rings (SSSR count). The van der Waals surface area contributed by atoms with Gasteiger partial charge in [-0.25, -0.2) is 9.18 Å². The zero-order valence-electron chi connectivity index (χ0n) is 18.8. The molecule has 2 N–H and O–H groups in total. The van der Waals surface area contributed by atoms with Crippen LogP contribution in [0.2, 0.25) is 0 Å². The van der Waals surface area contributed by atoms with Gasteiger partial charge in [0.1, 0.15) is 5.82 Å².